The summed E-state index contributed by atoms with van der Waals surface area (Å²) < 4.78 is 4.92. The molecule has 0 aliphatic rings. The molecule has 0 aliphatic carbocycles. The highest BCUT2D eigenvalue weighted by Crippen LogP contribution is 2.05. The predicted molar refractivity (Wildman–Crippen MR) is 57.9 cm³/mol. The van der Waals surface area contributed by atoms with Crippen LogP contribution in [-0.2, 0) is 14.3 Å². The van der Waals surface area contributed by atoms with Crippen LogP contribution in [-0.4, -0.2) is 36.5 Å². The second-order valence-corrected chi connectivity index (χ2v) is 4.35. The number of rotatable bonds is 4. The van der Waals surface area contributed by atoms with Gasteiger partial charge in [-0.15, -0.1) is 0 Å². The number of alkyl carbamates (subject to hydrolysis) is 1. The Kier molecular flexibility index (Phi) is 5.49. The molecule has 2 amide bonds. The third kappa shape index (κ3) is 7.78. The van der Waals surface area contributed by atoms with E-state index in [0.717, 1.165) is 0 Å². The van der Waals surface area contributed by atoms with Gasteiger partial charge in [0.25, 0.3) is 0 Å². The average molecular weight is 230 g/mol. The van der Waals surface area contributed by atoms with Crippen molar-refractivity contribution in [3.63, 3.8) is 0 Å². The van der Waals surface area contributed by atoms with Gasteiger partial charge in [-0.25, -0.2) is 4.79 Å². The Bertz CT molecular complexity index is 270. The third-order valence-electron chi connectivity index (χ3n) is 1.38. The van der Waals surface area contributed by atoms with Gasteiger partial charge in [0.2, 0.25) is 5.91 Å². The quantitative estimate of drug-likeness (QED) is 0.676. The second kappa shape index (κ2) is 6.09. The van der Waals surface area contributed by atoms with Crippen molar-refractivity contribution in [2.75, 3.05) is 6.54 Å². The molecule has 0 radical (unpaired) electrons. The molecule has 0 aliphatic heterocycles. The number of hydrogen-bond donors (Lipinski definition) is 2. The highest BCUT2D eigenvalue weighted by atomic mass is 16.6. The van der Waals surface area contributed by atoms with Gasteiger partial charge in [0.1, 0.15) is 18.4 Å². The van der Waals surface area contributed by atoms with Crippen LogP contribution >= 0.6 is 0 Å². The van der Waals surface area contributed by atoms with Crippen LogP contribution in [0.2, 0.25) is 0 Å². The van der Waals surface area contributed by atoms with E-state index in [1.54, 1.807) is 27.7 Å². The molecule has 92 valence electrons. The molecular formula is C10H18N2O4. The molecule has 1 unspecified atom stereocenters. The van der Waals surface area contributed by atoms with Crippen molar-refractivity contribution in [1.29, 1.82) is 0 Å². The Morgan fingerprint density at radius 1 is 1.38 bits per heavy atom. The van der Waals surface area contributed by atoms with Gasteiger partial charge < -0.3 is 20.2 Å². The van der Waals surface area contributed by atoms with Crippen LogP contribution in [0, 0.1) is 0 Å². The number of ether oxygens (including phenoxy) is 1. The first kappa shape index (κ1) is 14.4. The molecule has 0 aromatic rings. The molecule has 0 rings (SSSR count). The maximum Gasteiger partial charge on any atom is 0.408 e. The van der Waals surface area contributed by atoms with Crippen molar-refractivity contribution in [3.05, 3.63) is 0 Å². The fourth-order valence-electron chi connectivity index (χ4n) is 0.806. The van der Waals surface area contributed by atoms with E-state index in [-0.39, 0.29) is 6.54 Å². The van der Waals surface area contributed by atoms with E-state index in [1.807, 2.05) is 0 Å². The van der Waals surface area contributed by atoms with Crippen molar-refractivity contribution < 1.29 is 19.1 Å². The summed E-state index contributed by atoms with van der Waals surface area (Å²) in [5.74, 6) is -0.439. The molecule has 0 spiro atoms. The molecule has 2 N–H and O–H groups in total. The van der Waals surface area contributed by atoms with Gasteiger partial charge in [0, 0.05) is 0 Å². The van der Waals surface area contributed by atoms with Crippen LogP contribution in [0.4, 0.5) is 4.79 Å². The molecular weight excluding hydrogens is 212 g/mol. The molecule has 16 heavy (non-hydrogen) atoms. The first-order valence-electron chi connectivity index (χ1n) is 4.96. The number of carbonyl (C=O) groups is 3. The van der Waals surface area contributed by atoms with Crippen LogP contribution < -0.4 is 10.6 Å². The van der Waals surface area contributed by atoms with E-state index < -0.39 is 23.6 Å². The van der Waals surface area contributed by atoms with Gasteiger partial charge in [-0.05, 0) is 27.7 Å². The second-order valence-electron chi connectivity index (χ2n) is 4.35. The van der Waals surface area contributed by atoms with Crippen molar-refractivity contribution in [2.24, 2.45) is 0 Å². The number of nitrogens with one attached hydrogen (secondary N) is 2. The molecule has 6 heteroatoms. The average Bonchev–Trinajstić information content (AvgIpc) is 2.12. The summed E-state index contributed by atoms with van der Waals surface area (Å²) in [5.41, 5.74) is -0.601. The minimum Gasteiger partial charge on any atom is -0.444 e. The lowest BCUT2D eigenvalue weighted by molar-refractivity contribution is -0.123. The van der Waals surface area contributed by atoms with Crippen LogP contribution in [0.3, 0.4) is 0 Å². The number of carbonyl (C=O) groups excluding carboxylic acids is 3. The van der Waals surface area contributed by atoms with Gasteiger partial charge in [0.15, 0.2) is 0 Å². The first-order valence-corrected chi connectivity index (χ1v) is 4.96. The monoisotopic (exact) mass is 230 g/mol. The van der Waals surface area contributed by atoms with Crippen LogP contribution in [0.25, 0.3) is 0 Å². The fourth-order valence-corrected chi connectivity index (χ4v) is 0.806. The van der Waals surface area contributed by atoms with Crippen molar-refractivity contribution in [1.82, 2.24) is 10.6 Å². The minimum atomic E-state index is -0.665. The summed E-state index contributed by atoms with van der Waals surface area (Å²) in [6.07, 6.45) is -0.0628. The van der Waals surface area contributed by atoms with E-state index in [9.17, 15) is 14.4 Å². The molecule has 6 nitrogen and oxygen atoms in total. The molecule has 0 fully saturated rings. The Morgan fingerprint density at radius 3 is 2.38 bits per heavy atom. The smallest absolute Gasteiger partial charge is 0.408 e. The standard InChI is InChI=1S/C10H18N2O4/c1-7(6-13)12-8(14)5-11-9(15)16-10(2,3)4/h6-7H,5H2,1-4H3,(H,11,15)(H,12,14). The van der Waals surface area contributed by atoms with Crippen molar-refractivity contribution in [3.8, 4) is 0 Å². The first-order chi connectivity index (χ1) is 7.24. The Balaban J connectivity index is 3.84. The SMILES string of the molecule is CC(C=O)NC(=O)CNC(=O)OC(C)(C)C. The molecule has 0 aromatic carbocycles. The minimum absolute atomic E-state index is 0.215. The molecule has 0 aromatic heterocycles. The highest BCUT2D eigenvalue weighted by molar-refractivity contribution is 5.84. The lowest BCUT2D eigenvalue weighted by atomic mass is 10.2. The Morgan fingerprint density at radius 2 is 1.94 bits per heavy atom. The predicted octanol–water partition coefficient (Wildman–Crippen LogP) is 0.215. The van der Waals surface area contributed by atoms with Crippen LogP contribution in [0.1, 0.15) is 27.7 Å². The summed E-state index contributed by atoms with van der Waals surface area (Å²) in [6, 6.07) is -0.562. The fraction of sp³-hybridized carbons (Fsp3) is 0.700. The molecule has 1 atom stereocenters. The van der Waals surface area contributed by atoms with Gasteiger partial charge >= 0.3 is 6.09 Å². The largest absolute Gasteiger partial charge is 0.444 e. The Hall–Kier alpha value is -1.59. The normalized spacial score (nSPS) is 12.5. The zero-order valence-electron chi connectivity index (χ0n) is 9.99. The third-order valence-corrected chi connectivity index (χ3v) is 1.38. The summed E-state index contributed by atoms with van der Waals surface area (Å²) in [7, 11) is 0. The van der Waals surface area contributed by atoms with Crippen LogP contribution in [0.5, 0.6) is 0 Å². The zero-order chi connectivity index (χ0) is 12.8. The number of aldehydes is 1. The molecule has 0 saturated heterocycles. The molecule has 0 saturated carbocycles. The van der Waals surface area contributed by atoms with Crippen LogP contribution in [0.15, 0.2) is 0 Å². The van der Waals surface area contributed by atoms with Gasteiger partial charge in [0.05, 0.1) is 6.04 Å². The Labute approximate surface area is 94.7 Å². The van der Waals surface area contributed by atoms with E-state index in [4.69, 9.17) is 4.74 Å². The van der Waals surface area contributed by atoms with Gasteiger partial charge in [-0.1, -0.05) is 0 Å². The number of hydrogen-bond acceptors (Lipinski definition) is 4. The summed E-state index contributed by atoms with van der Waals surface area (Å²) in [5, 5.41) is 4.65. The van der Waals surface area contributed by atoms with Crippen molar-refractivity contribution >= 4 is 18.3 Å². The zero-order valence-corrected chi connectivity index (χ0v) is 9.99. The van der Waals surface area contributed by atoms with E-state index >= 15 is 0 Å². The van der Waals surface area contributed by atoms with Crippen molar-refractivity contribution in [2.45, 2.75) is 39.3 Å². The number of amides is 2. The summed E-state index contributed by atoms with van der Waals surface area (Å²) in [4.78, 5) is 32.5. The van der Waals surface area contributed by atoms with E-state index in [2.05, 4.69) is 10.6 Å². The summed E-state index contributed by atoms with van der Waals surface area (Å²) >= 11 is 0. The maximum absolute atomic E-state index is 11.1. The lowest BCUT2D eigenvalue weighted by Gasteiger charge is -2.19. The molecule has 0 bridgehead atoms. The summed E-state index contributed by atoms with van der Waals surface area (Å²) in [6.45, 7) is 6.49. The van der Waals surface area contributed by atoms with E-state index in [1.165, 1.54) is 0 Å². The maximum atomic E-state index is 11.1. The van der Waals surface area contributed by atoms with E-state index in [0.29, 0.717) is 6.29 Å². The van der Waals surface area contributed by atoms with Gasteiger partial charge in [-0.3, -0.25) is 4.79 Å². The van der Waals surface area contributed by atoms with Gasteiger partial charge in [-0.2, -0.15) is 0 Å². The lowest BCUT2D eigenvalue weighted by Crippen LogP contribution is -2.42. The topological polar surface area (TPSA) is 84.5 Å². The highest BCUT2D eigenvalue weighted by Gasteiger charge is 2.16. The molecule has 0 heterocycles.